The van der Waals surface area contributed by atoms with Crippen LogP contribution in [0.25, 0.3) is 0 Å². The summed E-state index contributed by atoms with van der Waals surface area (Å²) in [7, 11) is -13.5. The zero-order chi connectivity index (χ0) is 63.0. The van der Waals surface area contributed by atoms with E-state index in [1.165, 1.54) is 30.1 Å². The Bertz CT molecular complexity index is 3910. The fraction of sp³-hybridized carbons (Fsp3) is 0.292. The predicted octanol–water partition coefficient (Wildman–Crippen LogP) is 9.22. The zero-order valence-electron chi connectivity index (χ0n) is 50.6. The van der Waals surface area contributed by atoms with Crippen molar-refractivity contribution in [1.29, 1.82) is 0 Å². The Morgan fingerprint density at radius 1 is 0.386 bits per heavy atom. The van der Waals surface area contributed by atoms with E-state index in [4.69, 9.17) is 24.4 Å². The van der Waals surface area contributed by atoms with E-state index in [2.05, 4.69) is 30.7 Å². The van der Waals surface area contributed by atoms with E-state index in [1.54, 1.807) is 72.8 Å². The van der Waals surface area contributed by atoms with Crippen molar-refractivity contribution in [3.05, 3.63) is 227 Å². The molecule has 456 valence electrons. The molecule has 0 fully saturated rings. The van der Waals surface area contributed by atoms with Crippen molar-refractivity contribution >= 4 is 88.9 Å². The Morgan fingerprint density at radius 3 is 1.17 bits per heavy atom. The summed E-state index contributed by atoms with van der Waals surface area (Å²) in [4.78, 5) is 8.63. The maximum absolute atomic E-state index is 12.6. The molecule has 2 N–H and O–H groups in total. The van der Waals surface area contributed by atoms with Crippen LogP contribution in [0.1, 0.15) is 109 Å². The lowest BCUT2D eigenvalue weighted by Crippen LogP contribution is -2.29. The van der Waals surface area contributed by atoms with Crippen LogP contribution in [0, 0.1) is 0 Å². The van der Waals surface area contributed by atoms with Crippen molar-refractivity contribution in [2.24, 2.45) is 5.73 Å². The maximum atomic E-state index is 12.6. The van der Waals surface area contributed by atoms with Gasteiger partial charge >= 0.3 is 27.7 Å². The van der Waals surface area contributed by atoms with Gasteiger partial charge in [0.05, 0.1) is 57.2 Å². The van der Waals surface area contributed by atoms with Gasteiger partial charge in [-0.15, -0.1) is 0 Å². The minimum Gasteiger partial charge on any atom is -0.424 e. The Hall–Kier alpha value is -6.52. The molecule has 6 heterocycles. The van der Waals surface area contributed by atoms with Crippen molar-refractivity contribution < 1.29 is 52.3 Å². The second kappa shape index (κ2) is 28.5. The van der Waals surface area contributed by atoms with Crippen LogP contribution in [-0.2, 0) is 81.0 Å². The summed E-state index contributed by atoms with van der Waals surface area (Å²) in [5.41, 5.74) is 17.6. The summed E-state index contributed by atoms with van der Waals surface area (Å²) in [5.74, 6) is -0.0766. The molecule has 8 aromatic rings. The SMILES string of the molecule is CB1OC(CN)c2ccc(CS(=O)(=O)c3ccccn3)cc21.CCC1OB(C)c2c(CS(=O)(=O)c3ccccc3)cccc21.CCC1OB(C)c2c(CS(=O)(=O)c3ccccn3)cccc21.CCC1OB(C)c2cc(CS(=O)(=O)c3ccccc3)ccc21. The van der Waals surface area contributed by atoms with Gasteiger partial charge < -0.3 is 24.4 Å². The normalized spacial score (nSPS) is 17.5. The number of nitrogens with two attached hydrogens (primary N) is 1. The Kier molecular flexibility index (Phi) is 21.4. The number of fused-ring (bicyclic) bond motifs is 4. The molecule has 2 aromatic heterocycles. The van der Waals surface area contributed by atoms with Crippen molar-refractivity contribution in [2.45, 2.75) is 135 Å². The number of hydrogen-bond donors (Lipinski definition) is 1. The third-order valence-electron chi connectivity index (χ3n) is 16.2. The lowest BCUT2D eigenvalue weighted by atomic mass is 9.62. The number of rotatable bonds is 16. The Labute approximate surface area is 521 Å². The monoisotopic (exact) mass is 1260 g/mol. The van der Waals surface area contributed by atoms with E-state index in [0.717, 1.165) is 80.1 Å². The first-order valence-electron chi connectivity index (χ1n) is 29.7. The molecular weight excluding hydrogens is 1190 g/mol. The Balaban J connectivity index is 0.000000140. The molecule has 12 rings (SSSR count). The van der Waals surface area contributed by atoms with Crippen LogP contribution in [-0.4, -0.2) is 77.8 Å². The van der Waals surface area contributed by atoms with Gasteiger partial charge in [0, 0.05) is 18.9 Å². The highest BCUT2D eigenvalue weighted by Crippen LogP contribution is 2.33. The summed E-state index contributed by atoms with van der Waals surface area (Å²) in [6.07, 6.45) is 5.85. The number of hydrogen-bond acceptors (Lipinski definition) is 15. The number of sulfone groups is 4. The topological polar surface area (TPSA) is 225 Å². The van der Waals surface area contributed by atoms with Crippen LogP contribution in [0.5, 0.6) is 0 Å². The molecule has 4 aliphatic heterocycles. The van der Waals surface area contributed by atoms with Crippen LogP contribution in [0.4, 0.5) is 0 Å². The fourth-order valence-electron chi connectivity index (χ4n) is 12.0. The second-order valence-electron chi connectivity index (χ2n) is 22.3. The third kappa shape index (κ3) is 15.2. The molecule has 0 amide bonds. The molecule has 0 aliphatic carbocycles. The molecule has 0 spiro atoms. The highest BCUT2D eigenvalue weighted by Gasteiger charge is 2.37. The van der Waals surface area contributed by atoms with Gasteiger partial charge in [0.1, 0.15) is 0 Å². The van der Waals surface area contributed by atoms with Gasteiger partial charge in [0.15, 0.2) is 49.4 Å². The summed E-state index contributed by atoms with van der Waals surface area (Å²) in [6, 6.07) is 50.3. The number of nitrogens with zero attached hydrogens (tertiary/aromatic N) is 2. The largest absolute Gasteiger partial charge is 0.424 e. The van der Waals surface area contributed by atoms with Gasteiger partial charge in [-0.2, -0.15) is 0 Å². The highest BCUT2D eigenvalue weighted by atomic mass is 32.2. The van der Waals surface area contributed by atoms with Gasteiger partial charge in [-0.25, -0.2) is 43.6 Å². The number of aromatic nitrogens is 2. The van der Waals surface area contributed by atoms with E-state index in [0.29, 0.717) is 16.3 Å². The van der Waals surface area contributed by atoms with Crippen molar-refractivity contribution in [1.82, 2.24) is 9.97 Å². The van der Waals surface area contributed by atoms with Crippen LogP contribution in [0.2, 0.25) is 27.3 Å². The van der Waals surface area contributed by atoms with Crippen LogP contribution >= 0.6 is 0 Å². The maximum Gasteiger partial charge on any atom is 0.324 e. The van der Waals surface area contributed by atoms with Gasteiger partial charge in [-0.3, -0.25) is 0 Å². The van der Waals surface area contributed by atoms with Gasteiger partial charge in [0.25, 0.3) is 0 Å². The number of benzene rings is 6. The van der Waals surface area contributed by atoms with Crippen LogP contribution in [0.3, 0.4) is 0 Å². The molecule has 0 bridgehead atoms. The van der Waals surface area contributed by atoms with E-state index in [1.807, 2.05) is 112 Å². The molecule has 4 aliphatic rings. The molecule has 0 radical (unpaired) electrons. The molecule has 0 saturated carbocycles. The highest BCUT2D eigenvalue weighted by molar-refractivity contribution is 7.91. The molecule has 0 saturated heterocycles. The van der Waals surface area contributed by atoms with Crippen molar-refractivity contribution in [3.63, 3.8) is 0 Å². The molecule has 6 aromatic carbocycles. The third-order valence-corrected chi connectivity index (χ3v) is 22.7. The minimum atomic E-state index is -3.45. The summed E-state index contributed by atoms with van der Waals surface area (Å²) in [5, 5.41) is 0.214. The zero-order valence-corrected chi connectivity index (χ0v) is 53.9. The molecule has 4 atom stereocenters. The first kappa shape index (κ1) is 65.9. The standard InChI is InChI=1S/2C17H19BO3S.C16H18BNO3S.C15H17BN2O3S/c1-3-16-15-11-7-8-13(17(15)18(2)21-16)12-22(19,20)14-9-5-4-6-10-14;1-3-17-15-10-9-13(11-16(15)18(2)21-17)12-22(19,20)14-7-5-4-6-8-14;1-3-14-13-8-6-7-12(16(13)17(2)21-14)11-22(19,20)15-9-4-5-10-18-15;1-16-13-8-11(5-6-12(13)14(9-17)21-16)10-22(19,20)15-4-2-3-7-18-15/h4-11,16H,3,12H2,1-2H3;4-11,17H,3,12H2,1-2H3;4-10,14H,3,11H2,1-2H3;2-8,14H,9-10,17H2,1H3. The van der Waals surface area contributed by atoms with Crippen LogP contribution in [0.15, 0.2) is 202 Å². The first-order valence-corrected chi connectivity index (χ1v) is 36.3. The average Bonchev–Trinajstić information content (AvgIpc) is 2.36. The quantitative estimate of drug-likeness (QED) is 0.0890. The molecular formula is C65H73B4N3O12S4. The van der Waals surface area contributed by atoms with E-state index in [9.17, 15) is 33.7 Å². The summed E-state index contributed by atoms with van der Waals surface area (Å²) < 4.78 is 124. The fourth-order valence-corrected chi connectivity index (χ4v) is 17.3. The smallest absolute Gasteiger partial charge is 0.324 e. The van der Waals surface area contributed by atoms with Gasteiger partial charge in [-0.05, 0) is 134 Å². The van der Waals surface area contributed by atoms with Gasteiger partial charge in [-0.1, -0.05) is 169 Å². The van der Waals surface area contributed by atoms with E-state index in [-0.39, 0.29) is 85.1 Å². The molecule has 15 nitrogen and oxygen atoms in total. The van der Waals surface area contributed by atoms with E-state index < -0.39 is 39.3 Å². The first-order chi connectivity index (χ1) is 42.1. The lowest BCUT2D eigenvalue weighted by molar-refractivity contribution is 0.221. The second-order valence-corrected chi connectivity index (χ2v) is 30.1. The minimum absolute atomic E-state index is 0.0182. The predicted molar refractivity (Wildman–Crippen MR) is 351 cm³/mol. The average molecular weight is 1260 g/mol. The Morgan fingerprint density at radius 2 is 0.750 bits per heavy atom. The molecule has 88 heavy (non-hydrogen) atoms. The molecule has 23 heteroatoms. The number of pyridine rings is 2. The van der Waals surface area contributed by atoms with Crippen LogP contribution < -0.4 is 27.6 Å². The van der Waals surface area contributed by atoms with Crippen molar-refractivity contribution in [3.8, 4) is 0 Å². The van der Waals surface area contributed by atoms with Crippen molar-refractivity contribution in [2.75, 3.05) is 6.54 Å². The van der Waals surface area contributed by atoms with Gasteiger partial charge in [0.2, 0.25) is 0 Å². The summed E-state index contributed by atoms with van der Waals surface area (Å²) in [6.45, 7) is 14.4. The lowest BCUT2D eigenvalue weighted by Gasteiger charge is -2.11. The molecule has 4 unspecified atom stereocenters. The summed E-state index contributed by atoms with van der Waals surface area (Å²) >= 11 is 0. The van der Waals surface area contributed by atoms with E-state index >= 15 is 0 Å².